The summed E-state index contributed by atoms with van der Waals surface area (Å²) in [6.45, 7) is 6.66. The van der Waals surface area contributed by atoms with Gasteiger partial charge in [0.25, 0.3) is 0 Å². The zero-order valence-electron chi connectivity index (χ0n) is 11.6. The highest BCUT2D eigenvalue weighted by Gasteiger charge is 2.20. The Labute approximate surface area is 124 Å². The Bertz CT molecular complexity index is 409. The smallest absolute Gasteiger partial charge is 0.0702 e. The molecule has 1 aliphatic rings. The van der Waals surface area contributed by atoms with Gasteiger partial charge in [-0.25, -0.2) is 0 Å². The number of nitrogens with zero attached hydrogens (tertiary/aromatic N) is 1. The number of hydrogen-bond donors (Lipinski definition) is 1. The molecule has 1 heterocycles. The van der Waals surface area contributed by atoms with Crippen molar-refractivity contribution in [2.75, 3.05) is 19.7 Å². The van der Waals surface area contributed by atoms with Crippen molar-refractivity contribution in [3.63, 3.8) is 0 Å². The van der Waals surface area contributed by atoms with Crippen molar-refractivity contribution >= 4 is 15.9 Å². The summed E-state index contributed by atoms with van der Waals surface area (Å²) in [5.41, 5.74) is 8.15. The van der Waals surface area contributed by atoms with Crippen LogP contribution in [0.3, 0.4) is 0 Å². The van der Waals surface area contributed by atoms with E-state index in [9.17, 15) is 0 Å². The van der Waals surface area contributed by atoms with Gasteiger partial charge in [0.1, 0.15) is 0 Å². The van der Waals surface area contributed by atoms with E-state index in [1.165, 1.54) is 24.0 Å². The molecular weight excluding hydrogens is 304 g/mol. The maximum atomic E-state index is 5.75. The normalized spacial score (nSPS) is 20.7. The molecule has 106 valence electrons. The number of nitrogens with two attached hydrogens (primary N) is 1. The fourth-order valence-corrected chi connectivity index (χ4v) is 3.17. The summed E-state index contributed by atoms with van der Waals surface area (Å²) in [5, 5.41) is 0. The molecule has 1 aromatic carbocycles. The van der Waals surface area contributed by atoms with Gasteiger partial charge in [0.2, 0.25) is 0 Å². The monoisotopic (exact) mass is 326 g/mol. The molecule has 1 aromatic rings. The molecule has 0 aliphatic carbocycles. The van der Waals surface area contributed by atoms with E-state index in [2.05, 4.69) is 46.0 Å². The second-order valence-corrected chi connectivity index (χ2v) is 5.94. The number of halogens is 1. The van der Waals surface area contributed by atoms with Crippen LogP contribution in [0.25, 0.3) is 0 Å². The lowest BCUT2D eigenvalue weighted by atomic mass is 10.1. The summed E-state index contributed by atoms with van der Waals surface area (Å²) in [6.07, 6.45) is 2.82. The van der Waals surface area contributed by atoms with Gasteiger partial charge in [-0.2, -0.15) is 0 Å². The average molecular weight is 327 g/mol. The molecule has 1 unspecified atom stereocenters. The predicted octanol–water partition coefficient (Wildman–Crippen LogP) is 2.91. The van der Waals surface area contributed by atoms with Crippen molar-refractivity contribution in [3.05, 3.63) is 33.8 Å². The Morgan fingerprint density at radius 3 is 3.00 bits per heavy atom. The molecule has 2 rings (SSSR count). The zero-order valence-corrected chi connectivity index (χ0v) is 13.2. The number of piperidine rings is 1. The van der Waals surface area contributed by atoms with Crippen LogP contribution in [0.4, 0.5) is 0 Å². The third kappa shape index (κ3) is 4.28. The molecule has 0 saturated carbocycles. The van der Waals surface area contributed by atoms with Crippen LogP contribution >= 0.6 is 15.9 Å². The molecule has 1 aliphatic heterocycles. The number of ether oxygens (including phenoxy) is 1. The Kier molecular flexibility index (Phi) is 5.82. The fraction of sp³-hybridized carbons (Fsp3) is 0.600. The quantitative estimate of drug-likeness (QED) is 0.904. The average Bonchev–Trinajstić information content (AvgIpc) is 2.42. The molecule has 0 radical (unpaired) electrons. The van der Waals surface area contributed by atoms with Crippen molar-refractivity contribution in [2.24, 2.45) is 5.73 Å². The molecule has 1 fully saturated rings. The van der Waals surface area contributed by atoms with E-state index < -0.39 is 0 Å². The maximum absolute atomic E-state index is 5.75. The van der Waals surface area contributed by atoms with E-state index >= 15 is 0 Å². The lowest BCUT2D eigenvalue weighted by Crippen LogP contribution is -2.39. The first-order valence-corrected chi connectivity index (χ1v) is 7.83. The predicted molar refractivity (Wildman–Crippen MR) is 82.0 cm³/mol. The highest BCUT2D eigenvalue weighted by Crippen LogP contribution is 2.22. The molecule has 3 nitrogen and oxygen atoms in total. The van der Waals surface area contributed by atoms with Gasteiger partial charge >= 0.3 is 0 Å². The lowest BCUT2D eigenvalue weighted by molar-refractivity contribution is 0.00358. The third-order valence-corrected chi connectivity index (χ3v) is 4.35. The van der Waals surface area contributed by atoms with E-state index in [4.69, 9.17) is 10.5 Å². The molecule has 19 heavy (non-hydrogen) atoms. The van der Waals surface area contributed by atoms with Crippen molar-refractivity contribution in [1.82, 2.24) is 4.90 Å². The Morgan fingerprint density at radius 2 is 2.32 bits per heavy atom. The molecular formula is C15H23BrN2O. The SMILES string of the molecule is CCOC1CCCN(Cc2ccc(CN)cc2Br)C1. The summed E-state index contributed by atoms with van der Waals surface area (Å²) in [7, 11) is 0. The first kappa shape index (κ1) is 15.0. The standard InChI is InChI=1S/C15H23BrN2O/c1-2-19-14-4-3-7-18(11-14)10-13-6-5-12(9-17)8-15(13)16/h5-6,8,14H,2-4,7,9-11,17H2,1H3. The van der Waals surface area contributed by atoms with Gasteiger partial charge in [0, 0.05) is 30.7 Å². The first-order chi connectivity index (χ1) is 9.22. The highest BCUT2D eigenvalue weighted by atomic mass is 79.9. The summed E-state index contributed by atoms with van der Waals surface area (Å²) in [6, 6.07) is 6.42. The maximum Gasteiger partial charge on any atom is 0.0702 e. The molecule has 4 heteroatoms. The minimum atomic E-state index is 0.404. The minimum Gasteiger partial charge on any atom is -0.377 e. The van der Waals surface area contributed by atoms with Crippen LogP contribution in [0.2, 0.25) is 0 Å². The Morgan fingerprint density at radius 1 is 1.47 bits per heavy atom. The van der Waals surface area contributed by atoms with Gasteiger partial charge in [-0.1, -0.05) is 28.1 Å². The van der Waals surface area contributed by atoms with Crippen molar-refractivity contribution in [3.8, 4) is 0 Å². The van der Waals surface area contributed by atoms with Crippen LogP contribution in [0, 0.1) is 0 Å². The Hall–Kier alpha value is -0.420. The highest BCUT2D eigenvalue weighted by molar-refractivity contribution is 9.10. The molecule has 0 bridgehead atoms. The second-order valence-electron chi connectivity index (χ2n) is 5.08. The molecule has 0 aromatic heterocycles. The van der Waals surface area contributed by atoms with Gasteiger partial charge in [0.15, 0.2) is 0 Å². The van der Waals surface area contributed by atoms with Gasteiger partial charge in [-0.05, 0) is 43.5 Å². The largest absolute Gasteiger partial charge is 0.377 e. The molecule has 2 N–H and O–H groups in total. The number of benzene rings is 1. The van der Waals surface area contributed by atoms with Crippen LogP contribution in [-0.2, 0) is 17.8 Å². The van der Waals surface area contributed by atoms with E-state index in [-0.39, 0.29) is 0 Å². The fourth-order valence-electron chi connectivity index (χ4n) is 2.62. The van der Waals surface area contributed by atoms with E-state index in [0.717, 1.165) is 30.7 Å². The van der Waals surface area contributed by atoms with Gasteiger partial charge in [-0.3, -0.25) is 4.90 Å². The van der Waals surface area contributed by atoms with E-state index in [0.29, 0.717) is 12.6 Å². The van der Waals surface area contributed by atoms with Crippen molar-refractivity contribution < 1.29 is 4.74 Å². The van der Waals surface area contributed by atoms with Gasteiger partial charge in [0.05, 0.1) is 6.10 Å². The van der Waals surface area contributed by atoms with Gasteiger partial charge < -0.3 is 10.5 Å². The van der Waals surface area contributed by atoms with Crippen LogP contribution in [0.1, 0.15) is 30.9 Å². The first-order valence-electron chi connectivity index (χ1n) is 7.04. The zero-order chi connectivity index (χ0) is 13.7. The number of rotatable bonds is 5. The third-order valence-electron chi connectivity index (χ3n) is 3.61. The molecule has 0 amide bonds. The van der Waals surface area contributed by atoms with Crippen LogP contribution in [0.5, 0.6) is 0 Å². The molecule has 0 spiro atoms. The summed E-state index contributed by atoms with van der Waals surface area (Å²) >= 11 is 3.65. The van der Waals surface area contributed by atoms with Crippen LogP contribution in [0.15, 0.2) is 22.7 Å². The van der Waals surface area contributed by atoms with Gasteiger partial charge in [-0.15, -0.1) is 0 Å². The second kappa shape index (κ2) is 7.39. The van der Waals surface area contributed by atoms with Crippen molar-refractivity contribution in [1.29, 1.82) is 0 Å². The van der Waals surface area contributed by atoms with E-state index in [1.807, 2.05) is 0 Å². The lowest BCUT2D eigenvalue weighted by Gasteiger charge is -2.32. The summed E-state index contributed by atoms with van der Waals surface area (Å²) < 4.78 is 6.91. The Balaban J connectivity index is 1.96. The molecule has 1 atom stereocenters. The number of hydrogen-bond acceptors (Lipinski definition) is 3. The molecule has 1 saturated heterocycles. The topological polar surface area (TPSA) is 38.5 Å². The van der Waals surface area contributed by atoms with Crippen LogP contribution in [-0.4, -0.2) is 30.7 Å². The van der Waals surface area contributed by atoms with Crippen molar-refractivity contribution in [2.45, 2.75) is 39.0 Å². The van der Waals surface area contributed by atoms with Crippen LogP contribution < -0.4 is 5.73 Å². The van der Waals surface area contributed by atoms with E-state index in [1.54, 1.807) is 0 Å². The summed E-state index contributed by atoms with van der Waals surface area (Å²) in [5.74, 6) is 0. The minimum absolute atomic E-state index is 0.404. The number of likely N-dealkylation sites (tertiary alicyclic amines) is 1. The summed E-state index contributed by atoms with van der Waals surface area (Å²) in [4.78, 5) is 2.48.